The number of anilines is 2. The maximum absolute atomic E-state index is 12.8. The van der Waals surface area contributed by atoms with Gasteiger partial charge in [0.15, 0.2) is 5.16 Å². The van der Waals surface area contributed by atoms with Gasteiger partial charge < -0.3 is 15.1 Å². The highest BCUT2D eigenvalue weighted by molar-refractivity contribution is 7.99. The SMILES string of the molecule is Cc1ccc(NC(=O)CN(C)C(=O)CSc2nnc(N3CCCC3)n2-c2ccccc2Cl)cc1. The minimum Gasteiger partial charge on any atom is -0.341 e. The first kappa shape index (κ1) is 24.1. The second kappa shape index (κ2) is 10.9. The summed E-state index contributed by atoms with van der Waals surface area (Å²) in [5.74, 6) is 0.420. The summed E-state index contributed by atoms with van der Waals surface area (Å²) >= 11 is 7.77. The van der Waals surface area contributed by atoms with Gasteiger partial charge in [-0.2, -0.15) is 0 Å². The molecule has 1 aliphatic heterocycles. The predicted octanol–water partition coefficient (Wildman–Crippen LogP) is 4.02. The maximum atomic E-state index is 12.8. The molecule has 2 heterocycles. The molecule has 4 rings (SSSR count). The number of carbonyl (C=O) groups is 2. The standard InChI is InChI=1S/C24H27ClN6O2S/c1-17-9-11-18(12-10-17)26-21(32)15-29(2)22(33)16-34-24-28-27-23(30-13-5-6-14-30)31(24)20-8-4-3-7-19(20)25/h3-4,7-12H,5-6,13-16H2,1-2H3,(H,26,32). The van der Waals surface area contributed by atoms with E-state index in [1.807, 2.05) is 60.0 Å². The van der Waals surface area contributed by atoms with Crippen molar-refractivity contribution >= 4 is 46.8 Å². The molecule has 3 aromatic rings. The number of nitrogens with one attached hydrogen (secondary N) is 1. The normalized spacial score (nSPS) is 13.2. The Bertz CT molecular complexity index is 1160. The minimum absolute atomic E-state index is 0.0382. The lowest BCUT2D eigenvalue weighted by Crippen LogP contribution is -2.36. The summed E-state index contributed by atoms with van der Waals surface area (Å²) in [4.78, 5) is 28.7. The Hall–Kier alpha value is -3.04. The van der Waals surface area contributed by atoms with Gasteiger partial charge >= 0.3 is 0 Å². The average molecular weight is 499 g/mol. The van der Waals surface area contributed by atoms with E-state index in [-0.39, 0.29) is 24.1 Å². The molecule has 2 amide bonds. The summed E-state index contributed by atoms with van der Waals surface area (Å²) in [6.45, 7) is 3.76. The molecule has 0 unspecified atom stereocenters. The molecular weight excluding hydrogens is 472 g/mol. The highest BCUT2D eigenvalue weighted by Crippen LogP contribution is 2.31. The second-order valence-corrected chi connectivity index (χ2v) is 9.57. The van der Waals surface area contributed by atoms with Gasteiger partial charge in [0, 0.05) is 25.8 Å². The zero-order valence-corrected chi connectivity index (χ0v) is 20.8. The summed E-state index contributed by atoms with van der Waals surface area (Å²) in [7, 11) is 1.62. The van der Waals surface area contributed by atoms with Crippen LogP contribution in [0.5, 0.6) is 0 Å². The van der Waals surface area contributed by atoms with Crippen LogP contribution in [0.3, 0.4) is 0 Å². The van der Waals surface area contributed by atoms with Gasteiger partial charge in [0.1, 0.15) is 0 Å². The Morgan fingerprint density at radius 3 is 2.50 bits per heavy atom. The summed E-state index contributed by atoms with van der Waals surface area (Å²) in [5, 5.41) is 12.8. The van der Waals surface area contributed by atoms with E-state index in [0.717, 1.165) is 43.1 Å². The zero-order chi connectivity index (χ0) is 24.1. The number of aromatic nitrogens is 3. The van der Waals surface area contributed by atoms with E-state index < -0.39 is 0 Å². The van der Waals surface area contributed by atoms with Crippen LogP contribution in [-0.2, 0) is 9.59 Å². The number of thioether (sulfide) groups is 1. The van der Waals surface area contributed by atoms with Crippen LogP contribution in [-0.4, -0.2) is 63.9 Å². The maximum Gasteiger partial charge on any atom is 0.243 e. The van der Waals surface area contributed by atoms with Crippen LogP contribution in [0.15, 0.2) is 53.7 Å². The minimum atomic E-state index is -0.250. The third-order valence-corrected chi connectivity index (χ3v) is 6.80. The van der Waals surface area contributed by atoms with E-state index in [1.165, 1.54) is 16.7 Å². The van der Waals surface area contributed by atoms with Crippen LogP contribution in [0, 0.1) is 6.92 Å². The molecule has 0 atom stereocenters. The van der Waals surface area contributed by atoms with Crippen molar-refractivity contribution in [2.75, 3.05) is 42.7 Å². The van der Waals surface area contributed by atoms with Gasteiger partial charge in [-0.1, -0.05) is 53.2 Å². The molecule has 0 saturated carbocycles. The monoisotopic (exact) mass is 498 g/mol. The number of para-hydroxylation sites is 1. The van der Waals surface area contributed by atoms with Gasteiger partial charge in [0.2, 0.25) is 17.8 Å². The summed E-state index contributed by atoms with van der Waals surface area (Å²) < 4.78 is 1.91. The molecule has 1 saturated heterocycles. The number of amides is 2. The Morgan fingerprint density at radius 2 is 1.79 bits per heavy atom. The Balaban J connectivity index is 1.42. The largest absolute Gasteiger partial charge is 0.341 e. The molecule has 10 heteroatoms. The Kier molecular flexibility index (Phi) is 7.74. The number of aryl methyl sites for hydroxylation is 1. The van der Waals surface area contributed by atoms with Crippen molar-refractivity contribution in [1.29, 1.82) is 0 Å². The van der Waals surface area contributed by atoms with Gasteiger partial charge in [-0.25, -0.2) is 0 Å². The van der Waals surface area contributed by atoms with Crippen LogP contribution in [0.25, 0.3) is 5.69 Å². The number of nitrogens with zero attached hydrogens (tertiary/aromatic N) is 5. The fourth-order valence-corrected chi connectivity index (χ4v) is 4.80. The lowest BCUT2D eigenvalue weighted by atomic mass is 10.2. The summed E-state index contributed by atoms with van der Waals surface area (Å²) in [6, 6.07) is 15.0. The zero-order valence-electron chi connectivity index (χ0n) is 19.2. The van der Waals surface area contributed by atoms with Crippen molar-refractivity contribution < 1.29 is 9.59 Å². The van der Waals surface area contributed by atoms with Crippen LogP contribution in [0.2, 0.25) is 5.02 Å². The highest BCUT2D eigenvalue weighted by Gasteiger charge is 2.24. The quantitative estimate of drug-likeness (QED) is 0.472. The van der Waals surface area contributed by atoms with E-state index in [1.54, 1.807) is 7.05 Å². The first-order chi connectivity index (χ1) is 16.4. The fraction of sp³-hybridized carbons (Fsp3) is 0.333. The van der Waals surface area contributed by atoms with Crippen molar-refractivity contribution in [3.05, 3.63) is 59.1 Å². The summed E-state index contributed by atoms with van der Waals surface area (Å²) in [6.07, 6.45) is 2.21. The van der Waals surface area contributed by atoms with Crippen LogP contribution in [0.4, 0.5) is 11.6 Å². The van der Waals surface area contributed by atoms with Crippen molar-refractivity contribution in [3.8, 4) is 5.69 Å². The molecule has 1 N–H and O–H groups in total. The lowest BCUT2D eigenvalue weighted by molar-refractivity contribution is -0.131. The van der Waals surface area contributed by atoms with Gasteiger partial charge in [-0.05, 0) is 44.0 Å². The lowest BCUT2D eigenvalue weighted by Gasteiger charge is -2.19. The van der Waals surface area contributed by atoms with E-state index in [4.69, 9.17) is 11.6 Å². The molecule has 0 bridgehead atoms. The van der Waals surface area contributed by atoms with Crippen LogP contribution < -0.4 is 10.2 Å². The van der Waals surface area contributed by atoms with Gasteiger partial charge in [0.05, 0.1) is 23.0 Å². The smallest absolute Gasteiger partial charge is 0.243 e. The van der Waals surface area contributed by atoms with Crippen molar-refractivity contribution in [3.63, 3.8) is 0 Å². The molecule has 1 fully saturated rings. The van der Waals surface area contributed by atoms with E-state index in [2.05, 4.69) is 20.4 Å². The number of halogens is 1. The number of hydrogen-bond donors (Lipinski definition) is 1. The first-order valence-corrected chi connectivity index (χ1v) is 12.5. The third-order valence-electron chi connectivity index (χ3n) is 5.57. The van der Waals surface area contributed by atoms with Crippen LogP contribution in [0.1, 0.15) is 18.4 Å². The van der Waals surface area contributed by atoms with Gasteiger partial charge in [-0.3, -0.25) is 14.2 Å². The molecule has 1 aromatic heterocycles. The van der Waals surface area contributed by atoms with E-state index in [9.17, 15) is 9.59 Å². The molecule has 34 heavy (non-hydrogen) atoms. The molecule has 2 aromatic carbocycles. The van der Waals surface area contributed by atoms with Crippen molar-refractivity contribution in [1.82, 2.24) is 19.7 Å². The Labute approximate surface area is 208 Å². The number of rotatable bonds is 8. The van der Waals surface area contributed by atoms with Gasteiger partial charge in [0.25, 0.3) is 0 Å². The Morgan fingerprint density at radius 1 is 1.09 bits per heavy atom. The molecule has 0 spiro atoms. The second-order valence-electron chi connectivity index (χ2n) is 8.22. The number of carbonyl (C=O) groups excluding carboxylic acids is 2. The summed E-state index contributed by atoms with van der Waals surface area (Å²) in [5.41, 5.74) is 2.59. The molecule has 0 radical (unpaired) electrons. The van der Waals surface area contributed by atoms with Crippen LogP contribution >= 0.6 is 23.4 Å². The molecule has 8 nitrogen and oxygen atoms in total. The number of likely N-dealkylation sites (N-methyl/N-ethyl adjacent to an activating group) is 1. The molecule has 178 valence electrons. The van der Waals surface area contributed by atoms with Crippen molar-refractivity contribution in [2.45, 2.75) is 24.9 Å². The van der Waals surface area contributed by atoms with E-state index >= 15 is 0 Å². The highest BCUT2D eigenvalue weighted by atomic mass is 35.5. The number of benzene rings is 2. The molecule has 1 aliphatic rings. The van der Waals surface area contributed by atoms with Crippen molar-refractivity contribution in [2.24, 2.45) is 0 Å². The first-order valence-electron chi connectivity index (χ1n) is 11.1. The molecule has 0 aliphatic carbocycles. The van der Waals surface area contributed by atoms with Gasteiger partial charge in [-0.15, -0.1) is 10.2 Å². The fourth-order valence-electron chi connectivity index (χ4n) is 3.70. The number of hydrogen-bond acceptors (Lipinski definition) is 6. The topological polar surface area (TPSA) is 83.4 Å². The molecular formula is C24H27ClN6O2S. The van der Waals surface area contributed by atoms with E-state index in [0.29, 0.717) is 15.9 Å². The third kappa shape index (κ3) is 5.71. The predicted molar refractivity (Wildman–Crippen MR) is 136 cm³/mol. The average Bonchev–Trinajstić information content (AvgIpc) is 3.49.